The standard InChI is InChI=1S/C12H25NO4S/c1-10(2)7-12(3,14)9-13-18(15,16)8-11-5-4-6-17-11/h10-11,13-14H,4-9H2,1-3H3. The van der Waals surface area contributed by atoms with Gasteiger partial charge in [-0.15, -0.1) is 0 Å². The first-order chi connectivity index (χ1) is 8.20. The summed E-state index contributed by atoms with van der Waals surface area (Å²) in [7, 11) is -3.37. The lowest BCUT2D eigenvalue weighted by molar-refractivity contribution is 0.0435. The Morgan fingerprint density at radius 1 is 1.50 bits per heavy atom. The Bertz CT molecular complexity index is 345. The van der Waals surface area contributed by atoms with Crippen LogP contribution in [0.25, 0.3) is 0 Å². The zero-order valence-corrected chi connectivity index (χ0v) is 12.3. The molecule has 1 rings (SSSR count). The lowest BCUT2D eigenvalue weighted by Crippen LogP contribution is -2.43. The van der Waals surface area contributed by atoms with Crippen molar-refractivity contribution < 1.29 is 18.3 Å². The van der Waals surface area contributed by atoms with Crippen molar-refractivity contribution in [2.75, 3.05) is 18.9 Å². The van der Waals surface area contributed by atoms with Gasteiger partial charge in [0.1, 0.15) is 0 Å². The van der Waals surface area contributed by atoms with Gasteiger partial charge in [0.05, 0.1) is 17.5 Å². The van der Waals surface area contributed by atoms with Crippen molar-refractivity contribution in [3.8, 4) is 0 Å². The van der Waals surface area contributed by atoms with Crippen molar-refractivity contribution in [3.05, 3.63) is 0 Å². The second kappa shape index (κ2) is 6.32. The molecule has 2 atom stereocenters. The molecule has 1 heterocycles. The number of hydrogen-bond donors (Lipinski definition) is 2. The molecule has 0 aromatic rings. The highest BCUT2D eigenvalue weighted by Crippen LogP contribution is 2.17. The monoisotopic (exact) mass is 279 g/mol. The van der Waals surface area contributed by atoms with Crippen molar-refractivity contribution >= 4 is 10.0 Å². The van der Waals surface area contributed by atoms with Crippen molar-refractivity contribution in [3.63, 3.8) is 0 Å². The topological polar surface area (TPSA) is 75.6 Å². The fourth-order valence-electron chi connectivity index (χ4n) is 2.30. The van der Waals surface area contributed by atoms with Crippen LogP contribution in [0.1, 0.15) is 40.0 Å². The molecule has 0 aromatic heterocycles. The summed E-state index contributed by atoms with van der Waals surface area (Å²) >= 11 is 0. The highest BCUT2D eigenvalue weighted by atomic mass is 32.2. The van der Waals surface area contributed by atoms with Crippen LogP contribution in [0.2, 0.25) is 0 Å². The number of aliphatic hydroxyl groups is 1. The number of nitrogens with one attached hydrogen (secondary N) is 1. The van der Waals surface area contributed by atoms with E-state index in [1.807, 2.05) is 13.8 Å². The predicted molar refractivity (Wildman–Crippen MR) is 70.8 cm³/mol. The first kappa shape index (κ1) is 15.9. The smallest absolute Gasteiger partial charge is 0.214 e. The molecular formula is C12H25NO4S. The maximum Gasteiger partial charge on any atom is 0.214 e. The van der Waals surface area contributed by atoms with Gasteiger partial charge in [0.25, 0.3) is 0 Å². The van der Waals surface area contributed by atoms with E-state index < -0.39 is 15.6 Å². The third-order valence-electron chi connectivity index (χ3n) is 2.95. The normalized spacial score (nSPS) is 24.4. The molecule has 0 spiro atoms. The van der Waals surface area contributed by atoms with E-state index in [1.54, 1.807) is 6.92 Å². The van der Waals surface area contributed by atoms with Crippen molar-refractivity contribution in [1.82, 2.24) is 4.72 Å². The zero-order valence-electron chi connectivity index (χ0n) is 11.5. The summed E-state index contributed by atoms with van der Waals surface area (Å²) in [6.07, 6.45) is 2.09. The molecule has 0 amide bonds. The van der Waals surface area contributed by atoms with E-state index in [9.17, 15) is 13.5 Å². The average molecular weight is 279 g/mol. The molecule has 108 valence electrons. The molecule has 0 saturated carbocycles. The highest BCUT2D eigenvalue weighted by molar-refractivity contribution is 7.89. The summed E-state index contributed by atoms with van der Waals surface area (Å²) in [5.41, 5.74) is -1.00. The van der Waals surface area contributed by atoms with Crippen LogP contribution < -0.4 is 4.72 Å². The molecule has 18 heavy (non-hydrogen) atoms. The number of sulfonamides is 1. The van der Waals surface area contributed by atoms with Gasteiger partial charge in [-0.3, -0.25) is 0 Å². The van der Waals surface area contributed by atoms with Crippen LogP contribution in [0.15, 0.2) is 0 Å². The number of hydrogen-bond acceptors (Lipinski definition) is 4. The van der Waals surface area contributed by atoms with E-state index in [2.05, 4.69) is 4.72 Å². The highest BCUT2D eigenvalue weighted by Gasteiger charge is 2.27. The predicted octanol–water partition coefficient (Wildman–Crippen LogP) is 0.882. The van der Waals surface area contributed by atoms with E-state index in [-0.39, 0.29) is 18.4 Å². The van der Waals surface area contributed by atoms with Gasteiger partial charge in [-0.05, 0) is 32.1 Å². The van der Waals surface area contributed by atoms with Gasteiger partial charge >= 0.3 is 0 Å². The van der Waals surface area contributed by atoms with Crippen LogP contribution >= 0.6 is 0 Å². The Morgan fingerprint density at radius 3 is 2.67 bits per heavy atom. The molecule has 1 saturated heterocycles. The SMILES string of the molecule is CC(C)CC(C)(O)CNS(=O)(=O)CC1CCCO1. The van der Waals surface area contributed by atoms with Crippen LogP contribution in [0.5, 0.6) is 0 Å². The Morgan fingerprint density at radius 2 is 2.17 bits per heavy atom. The van der Waals surface area contributed by atoms with E-state index in [0.29, 0.717) is 18.9 Å². The van der Waals surface area contributed by atoms with Crippen molar-refractivity contribution in [2.24, 2.45) is 5.92 Å². The summed E-state index contributed by atoms with van der Waals surface area (Å²) in [6, 6.07) is 0. The largest absolute Gasteiger partial charge is 0.389 e. The summed E-state index contributed by atoms with van der Waals surface area (Å²) in [5, 5.41) is 10.1. The molecule has 6 heteroatoms. The van der Waals surface area contributed by atoms with Gasteiger partial charge < -0.3 is 9.84 Å². The van der Waals surface area contributed by atoms with Crippen molar-refractivity contribution in [1.29, 1.82) is 0 Å². The minimum absolute atomic E-state index is 0.00917. The molecule has 0 radical (unpaired) electrons. The number of ether oxygens (including phenoxy) is 1. The molecule has 1 aliphatic heterocycles. The Hall–Kier alpha value is -0.170. The second-order valence-corrected chi connectivity index (χ2v) is 7.68. The average Bonchev–Trinajstić information content (AvgIpc) is 2.65. The summed E-state index contributed by atoms with van der Waals surface area (Å²) in [6.45, 7) is 6.34. The lowest BCUT2D eigenvalue weighted by Gasteiger charge is -2.25. The fourth-order valence-corrected chi connectivity index (χ4v) is 3.70. The fraction of sp³-hybridized carbons (Fsp3) is 1.00. The van der Waals surface area contributed by atoms with Gasteiger partial charge in [-0.25, -0.2) is 13.1 Å². The summed E-state index contributed by atoms with van der Waals surface area (Å²) in [5.74, 6) is 0.313. The molecule has 5 nitrogen and oxygen atoms in total. The van der Waals surface area contributed by atoms with Crippen LogP contribution in [0.4, 0.5) is 0 Å². The Kier molecular flexibility index (Phi) is 5.58. The lowest BCUT2D eigenvalue weighted by atomic mass is 9.95. The van der Waals surface area contributed by atoms with Crippen LogP contribution in [0, 0.1) is 5.92 Å². The van der Waals surface area contributed by atoms with Gasteiger partial charge in [0.2, 0.25) is 10.0 Å². The van der Waals surface area contributed by atoms with Gasteiger partial charge in [0.15, 0.2) is 0 Å². The minimum Gasteiger partial charge on any atom is -0.389 e. The van der Waals surface area contributed by atoms with Gasteiger partial charge in [-0.1, -0.05) is 13.8 Å². The van der Waals surface area contributed by atoms with E-state index >= 15 is 0 Å². The van der Waals surface area contributed by atoms with Crippen LogP contribution in [-0.4, -0.2) is 44.1 Å². The van der Waals surface area contributed by atoms with Crippen LogP contribution in [-0.2, 0) is 14.8 Å². The van der Waals surface area contributed by atoms with Crippen molar-refractivity contribution in [2.45, 2.75) is 51.7 Å². The molecular weight excluding hydrogens is 254 g/mol. The van der Waals surface area contributed by atoms with Crippen LogP contribution in [0.3, 0.4) is 0 Å². The maximum absolute atomic E-state index is 11.8. The summed E-state index contributed by atoms with van der Waals surface area (Å²) in [4.78, 5) is 0. The summed E-state index contributed by atoms with van der Waals surface area (Å²) < 4.78 is 31.4. The molecule has 1 fully saturated rings. The second-order valence-electron chi connectivity index (χ2n) is 5.83. The van der Waals surface area contributed by atoms with E-state index in [4.69, 9.17) is 4.74 Å². The minimum atomic E-state index is -3.37. The molecule has 0 bridgehead atoms. The third kappa shape index (κ3) is 6.13. The quantitative estimate of drug-likeness (QED) is 0.725. The number of rotatable bonds is 7. The maximum atomic E-state index is 11.8. The van der Waals surface area contributed by atoms with E-state index in [1.165, 1.54) is 0 Å². The first-order valence-corrected chi connectivity index (χ1v) is 8.17. The third-order valence-corrected chi connectivity index (χ3v) is 4.34. The molecule has 1 aliphatic rings. The molecule has 2 N–H and O–H groups in total. The molecule has 0 aromatic carbocycles. The first-order valence-electron chi connectivity index (χ1n) is 6.51. The zero-order chi connectivity index (χ0) is 13.8. The Balaban J connectivity index is 2.40. The Labute approximate surface area is 110 Å². The molecule has 0 aliphatic carbocycles. The molecule has 2 unspecified atom stereocenters. The van der Waals surface area contributed by atoms with E-state index in [0.717, 1.165) is 12.8 Å². The van der Waals surface area contributed by atoms with Gasteiger partial charge in [-0.2, -0.15) is 0 Å². The van der Waals surface area contributed by atoms with Gasteiger partial charge in [0, 0.05) is 13.2 Å².